The van der Waals surface area contributed by atoms with E-state index < -0.39 is 18.3 Å². The fourth-order valence-electron chi connectivity index (χ4n) is 3.18. The van der Waals surface area contributed by atoms with Gasteiger partial charge in [0.15, 0.2) is 0 Å². The quantitative estimate of drug-likeness (QED) is 0.367. The Hall–Kier alpha value is -3.57. The van der Waals surface area contributed by atoms with Gasteiger partial charge in [-0.1, -0.05) is 22.8 Å². The summed E-state index contributed by atoms with van der Waals surface area (Å²) in [5.41, 5.74) is 1.48. The van der Waals surface area contributed by atoms with Gasteiger partial charge in [0.05, 0.1) is 18.2 Å². The number of halogens is 4. The highest BCUT2D eigenvalue weighted by atomic mass is 35.5. The van der Waals surface area contributed by atoms with Crippen LogP contribution in [0.3, 0.4) is 0 Å². The zero-order valence-electron chi connectivity index (χ0n) is 16.7. The summed E-state index contributed by atoms with van der Waals surface area (Å²) in [5, 5.41) is 17.4. The lowest BCUT2D eigenvalue weighted by Gasteiger charge is -2.13. The monoisotopic (exact) mass is 480 g/mol. The molecule has 1 amide bonds. The van der Waals surface area contributed by atoms with Crippen molar-refractivity contribution in [3.8, 4) is 17.1 Å². The Morgan fingerprint density at radius 1 is 1.24 bits per heavy atom. The normalized spacial score (nSPS) is 12.6. The summed E-state index contributed by atoms with van der Waals surface area (Å²) in [7, 11) is 0. The number of nitrogens with one attached hydrogen (secondary N) is 2. The number of H-pyrrole nitrogens is 1. The minimum Gasteiger partial charge on any atom is -0.406 e. The molecular formula is C21H16ClF3N4O4. The van der Waals surface area contributed by atoms with Gasteiger partial charge in [-0.3, -0.25) is 4.79 Å². The Balaban J connectivity index is 1.42. The molecule has 2 aromatic heterocycles. The van der Waals surface area contributed by atoms with E-state index in [2.05, 4.69) is 25.2 Å². The van der Waals surface area contributed by atoms with Gasteiger partial charge >= 0.3 is 6.36 Å². The van der Waals surface area contributed by atoms with E-state index in [1.165, 1.54) is 12.1 Å². The van der Waals surface area contributed by atoms with E-state index in [-0.39, 0.29) is 30.5 Å². The number of aromatic nitrogens is 3. The Morgan fingerprint density at radius 3 is 2.70 bits per heavy atom. The van der Waals surface area contributed by atoms with Gasteiger partial charge in [-0.25, -0.2) is 0 Å². The van der Waals surface area contributed by atoms with Crippen molar-refractivity contribution in [1.29, 1.82) is 0 Å². The van der Waals surface area contributed by atoms with E-state index in [0.717, 1.165) is 12.1 Å². The minimum atomic E-state index is -4.79. The second-order valence-corrected chi connectivity index (χ2v) is 7.47. The summed E-state index contributed by atoms with van der Waals surface area (Å²) >= 11 is 5.96. The number of benzene rings is 2. The van der Waals surface area contributed by atoms with Crippen LogP contribution in [0.2, 0.25) is 5.02 Å². The van der Waals surface area contributed by atoms with E-state index in [4.69, 9.17) is 16.1 Å². The highest BCUT2D eigenvalue weighted by molar-refractivity contribution is 6.31. The third kappa shape index (κ3) is 5.44. The molecule has 4 rings (SSSR count). The number of fused-ring (bicyclic) bond motifs is 1. The van der Waals surface area contributed by atoms with Gasteiger partial charge in [-0.15, -0.1) is 13.2 Å². The molecule has 0 aliphatic rings. The highest BCUT2D eigenvalue weighted by Gasteiger charge is 2.31. The number of carbonyl (C=O) groups excluding carboxylic acids is 1. The van der Waals surface area contributed by atoms with Crippen LogP contribution in [0.4, 0.5) is 13.2 Å². The largest absolute Gasteiger partial charge is 0.573 e. The third-order valence-electron chi connectivity index (χ3n) is 4.68. The van der Waals surface area contributed by atoms with Crippen molar-refractivity contribution in [1.82, 2.24) is 20.4 Å². The van der Waals surface area contributed by atoms with Crippen LogP contribution in [0.5, 0.6) is 5.75 Å². The van der Waals surface area contributed by atoms with Gasteiger partial charge in [0.1, 0.15) is 5.75 Å². The average molecular weight is 481 g/mol. The van der Waals surface area contributed by atoms with Crippen LogP contribution < -0.4 is 10.1 Å². The van der Waals surface area contributed by atoms with Crippen molar-refractivity contribution in [2.75, 3.05) is 6.61 Å². The van der Waals surface area contributed by atoms with Gasteiger partial charge in [-0.2, -0.15) is 4.98 Å². The summed E-state index contributed by atoms with van der Waals surface area (Å²) in [4.78, 5) is 19.8. The molecule has 2 heterocycles. The van der Waals surface area contributed by atoms with E-state index >= 15 is 0 Å². The van der Waals surface area contributed by atoms with Gasteiger partial charge < -0.3 is 24.7 Å². The van der Waals surface area contributed by atoms with E-state index in [0.29, 0.717) is 27.1 Å². The molecule has 4 aromatic rings. The predicted molar refractivity (Wildman–Crippen MR) is 112 cm³/mol. The summed E-state index contributed by atoms with van der Waals surface area (Å²) in [6.45, 7) is -0.388. The molecule has 8 nitrogen and oxygen atoms in total. The molecule has 0 bridgehead atoms. The van der Waals surface area contributed by atoms with E-state index in [1.54, 1.807) is 24.4 Å². The highest BCUT2D eigenvalue weighted by Crippen LogP contribution is 2.26. The summed E-state index contributed by atoms with van der Waals surface area (Å²) in [6.07, 6.45) is -3.20. The number of aromatic amines is 1. The van der Waals surface area contributed by atoms with Crippen LogP contribution in [0.15, 0.2) is 53.2 Å². The molecule has 0 aliphatic carbocycles. The maximum Gasteiger partial charge on any atom is 0.573 e. The number of nitrogens with zero attached hydrogens (tertiary/aromatic N) is 2. The molecule has 0 aliphatic heterocycles. The SMILES string of the molecule is O=C(NC(CO)Cc1nc(-c2ccc(OC(F)(F)F)cc2)no1)c1c[nH]c2cc(Cl)ccc12. The number of carbonyl (C=O) groups is 1. The number of aliphatic hydroxyl groups is 1. The van der Waals surface area contributed by atoms with Crippen LogP contribution >= 0.6 is 11.6 Å². The lowest BCUT2D eigenvalue weighted by molar-refractivity contribution is -0.274. The number of aliphatic hydroxyl groups excluding tert-OH is 1. The van der Waals surface area contributed by atoms with Gasteiger partial charge in [-0.05, 0) is 36.4 Å². The Kier molecular flexibility index (Phi) is 6.25. The van der Waals surface area contributed by atoms with Crippen molar-refractivity contribution in [3.05, 3.63) is 65.1 Å². The number of hydrogen-bond donors (Lipinski definition) is 3. The second kappa shape index (κ2) is 9.12. The van der Waals surface area contributed by atoms with Gasteiger partial charge in [0.25, 0.3) is 5.91 Å². The Labute approximate surface area is 189 Å². The molecular weight excluding hydrogens is 465 g/mol. The van der Waals surface area contributed by atoms with Crippen molar-refractivity contribution in [3.63, 3.8) is 0 Å². The standard InChI is InChI=1S/C21H16ClF3N4O4/c22-12-3-6-15-16(9-26-17(15)7-12)20(31)27-13(10-30)8-18-28-19(29-33-18)11-1-4-14(5-2-11)32-21(23,24)25/h1-7,9,13,26,30H,8,10H2,(H,27,31). The lowest BCUT2D eigenvalue weighted by Crippen LogP contribution is -2.39. The molecule has 0 saturated heterocycles. The summed E-state index contributed by atoms with van der Waals surface area (Å²) < 4.78 is 45.8. The molecule has 0 fully saturated rings. The first-order chi connectivity index (χ1) is 15.7. The maximum atomic E-state index is 12.7. The molecule has 0 spiro atoms. The average Bonchev–Trinajstić information content (AvgIpc) is 3.39. The van der Waals surface area contributed by atoms with Crippen molar-refractivity contribution < 1.29 is 32.3 Å². The smallest absolute Gasteiger partial charge is 0.406 e. The zero-order chi connectivity index (χ0) is 23.6. The topological polar surface area (TPSA) is 113 Å². The molecule has 0 radical (unpaired) electrons. The van der Waals surface area contributed by atoms with Crippen molar-refractivity contribution in [2.45, 2.75) is 18.8 Å². The molecule has 1 atom stereocenters. The van der Waals surface area contributed by atoms with Crippen LogP contribution in [-0.4, -0.2) is 45.1 Å². The first-order valence-corrected chi connectivity index (χ1v) is 9.97. The zero-order valence-corrected chi connectivity index (χ0v) is 17.4. The fourth-order valence-corrected chi connectivity index (χ4v) is 3.35. The second-order valence-electron chi connectivity index (χ2n) is 7.03. The van der Waals surface area contributed by atoms with Gasteiger partial charge in [0, 0.05) is 34.1 Å². The van der Waals surface area contributed by atoms with Gasteiger partial charge in [0.2, 0.25) is 11.7 Å². The third-order valence-corrected chi connectivity index (χ3v) is 4.91. The van der Waals surface area contributed by atoms with Crippen LogP contribution in [0, 0.1) is 0 Å². The van der Waals surface area contributed by atoms with E-state index in [1.807, 2.05) is 0 Å². The summed E-state index contributed by atoms with van der Waals surface area (Å²) in [6, 6.07) is 9.32. The van der Waals surface area contributed by atoms with Crippen molar-refractivity contribution >= 4 is 28.4 Å². The van der Waals surface area contributed by atoms with Crippen LogP contribution in [0.1, 0.15) is 16.2 Å². The first-order valence-electron chi connectivity index (χ1n) is 9.59. The number of ether oxygens (including phenoxy) is 1. The van der Waals surface area contributed by atoms with Crippen molar-refractivity contribution in [2.24, 2.45) is 0 Å². The number of rotatable bonds is 7. The molecule has 33 heavy (non-hydrogen) atoms. The Morgan fingerprint density at radius 2 is 2.00 bits per heavy atom. The molecule has 12 heteroatoms. The number of hydrogen-bond acceptors (Lipinski definition) is 6. The fraction of sp³-hybridized carbons (Fsp3) is 0.190. The molecule has 3 N–H and O–H groups in total. The molecule has 1 unspecified atom stereocenters. The first kappa shape index (κ1) is 22.6. The number of alkyl halides is 3. The molecule has 0 saturated carbocycles. The Bertz CT molecular complexity index is 1270. The maximum absolute atomic E-state index is 12.7. The predicted octanol–water partition coefficient (Wildman–Crippen LogP) is 4.10. The molecule has 2 aromatic carbocycles. The van der Waals surface area contributed by atoms with Crippen LogP contribution in [0.25, 0.3) is 22.3 Å². The van der Waals surface area contributed by atoms with Crippen LogP contribution in [-0.2, 0) is 6.42 Å². The minimum absolute atomic E-state index is 0.0404. The van der Waals surface area contributed by atoms with E-state index in [9.17, 15) is 23.1 Å². The summed E-state index contributed by atoms with van der Waals surface area (Å²) in [5.74, 6) is -0.522. The lowest BCUT2D eigenvalue weighted by atomic mass is 10.1. The number of amides is 1. The molecule has 172 valence electrons.